The van der Waals surface area contributed by atoms with E-state index in [4.69, 9.17) is 4.74 Å². The summed E-state index contributed by atoms with van der Waals surface area (Å²) in [5, 5.41) is 7.16. The van der Waals surface area contributed by atoms with Gasteiger partial charge in [-0.15, -0.1) is 0 Å². The molecule has 26 heavy (non-hydrogen) atoms. The molecule has 0 spiro atoms. The van der Waals surface area contributed by atoms with Crippen LogP contribution in [-0.2, 0) is 4.74 Å². The monoisotopic (exact) mass is 352 g/mol. The number of aromatic nitrogens is 4. The Morgan fingerprint density at radius 1 is 1.23 bits per heavy atom. The van der Waals surface area contributed by atoms with Gasteiger partial charge >= 0.3 is 0 Å². The number of amides is 1. The minimum absolute atomic E-state index is 0.0477. The van der Waals surface area contributed by atoms with Gasteiger partial charge in [-0.2, -0.15) is 5.10 Å². The second-order valence-electron chi connectivity index (χ2n) is 6.10. The van der Waals surface area contributed by atoms with Crippen LogP contribution in [0.15, 0.2) is 49.1 Å². The normalized spacial score (nSPS) is 16.5. The van der Waals surface area contributed by atoms with Crippen LogP contribution in [-0.4, -0.2) is 63.2 Å². The second kappa shape index (κ2) is 7.59. The number of ether oxygens (including phenoxy) is 1. The van der Waals surface area contributed by atoms with Crippen LogP contribution in [0.5, 0.6) is 0 Å². The molecule has 3 aromatic rings. The first kappa shape index (κ1) is 16.6. The summed E-state index contributed by atoms with van der Waals surface area (Å²) in [6, 6.07) is 9.37. The Bertz CT molecular complexity index is 876. The molecule has 1 saturated heterocycles. The minimum Gasteiger partial charge on any atom is -0.379 e. The van der Waals surface area contributed by atoms with Gasteiger partial charge < -0.3 is 10.1 Å². The van der Waals surface area contributed by atoms with Gasteiger partial charge in [-0.3, -0.25) is 14.7 Å². The highest BCUT2D eigenvalue weighted by Gasteiger charge is 2.24. The third-order valence-electron chi connectivity index (χ3n) is 4.55. The Hall–Kier alpha value is -2.84. The fraction of sp³-hybridized carbons (Fsp3) is 0.333. The summed E-state index contributed by atoms with van der Waals surface area (Å²) in [7, 11) is 0. The van der Waals surface area contributed by atoms with Gasteiger partial charge in [0.15, 0.2) is 5.65 Å². The van der Waals surface area contributed by atoms with Gasteiger partial charge in [0.25, 0.3) is 5.91 Å². The Labute approximate surface area is 150 Å². The second-order valence-corrected chi connectivity index (χ2v) is 6.10. The van der Waals surface area contributed by atoms with Crippen molar-refractivity contribution in [1.29, 1.82) is 0 Å². The van der Waals surface area contributed by atoms with Crippen LogP contribution in [0.4, 0.5) is 0 Å². The number of hydrogen-bond donors (Lipinski definition) is 1. The number of nitrogens with zero attached hydrogens (tertiary/aromatic N) is 5. The summed E-state index contributed by atoms with van der Waals surface area (Å²) in [5.41, 5.74) is 2.19. The van der Waals surface area contributed by atoms with E-state index in [0.717, 1.165) is 18.7 Å². The quantitative estimate of drug-likeness (QED) is 0.735. The summed E-state index contributed by atoms with van der Waals surface area (Å²) in [6.07, 6.45) is 5.05. The molecule has 1 fully saturated rings. The number of rotatable bonds is 5. The van der Waals surface area contributed by atoms with Crippen LogP contribution in [0.1, 0.15) is 22.1 Å². The van der Waals surface area contributed by atoms with Crippen LogP contribution >= 0.6 is 0 Å². The number of morpholine rings is 1. The molecule has 0 bridgehead atoms. The fourth-order valence-electron chi connectivity index (χ4n) is 3.22. The zero-order valence-corrected chi connectivity index (χ0v) is 14.3. The van der Waals surface area contributed by atoms with Crippen molar-refractivity contribution >= 4 is 11.6 Å². The van der Waals surface area contributed by atoms with E-state index in [1.807, 2.05) is 24.4 Å². The Balaban J connectivity index is 1.52. The van der Waals surface area contributed by atoms with Crippen molar-refractivity contribution in [2.45, 2.75) is 6.04 Å². The first-order valence-electron chi connectivity index (χ1n) is 8.61. The highest BCUT2D eigenvalue weighted by molar-refractivity contribution is 5.93. The maximum Gasteiger partial charge on any atom is 0.270 e. The van der Waals surface area contributed by atoms with Gasteiger partial charge in [-0.25, -0.2) is 9.50 Å². The zero-order chi connectivity index (χ0) is 17.8. The van der Waals surface area contributed by atoms with Crippen molar-refractivity contribution < 1.29 is 9.53 Å². The average molecular weight is 352 g/mol. The zero-order valence-electron chi connectivity index (χ0n) is 14.3. The van der Waals surface area contributed by atoms with Gasteiger partial charge in [0.2, 0.25) is 0 Å². The standard InChI is InChI=1S/C18H20N6O2/c25-18(15-4-1-5-17-21-13-22-24(15)17)20-12-16(14-3-2-6-19-11-14)23-7-9-26-10-8-23/h1-6,11,13,16H,7-10,12H2,(H,20,25). The van der Waals surface area contributed by atoms with Gasteiger partial charge in [0.05, 0.1) is 19.3 Å². The Kier molecular flexibility index (Phi) is 4.85. The summed E-state index contributed by atoms with van der Waals surface area (Å²) in [4.78, 5) is 23.4. The van der Waals surface area contributed by atoms with Crippen LogP contribution in [0, 0.1) is 0 Å². The molecule has 1 N–H and O–H groups in total. The van der Waals surface area contributed by atoms with Gasteiger partial charge in [0, 0.05) is 32.0 Å². The number of nitrogens with one attached hydrogen (secondary N) is 1. The Morgan fingerprint density at radius 2 is 2.12 bits per heavy atom. The van der Waals surface area contributed by atoms with E-state index in [1.54, 1.807) is 22.8 Å². The SMILES string of the molecule is O=C(NCC(c1cccnc1)N1CCOCC1)c1cccc2ncnn12. The maximum atomic E-state index is 12.7. The molecule has 0 radical (unpaired) electrons. The Morgan fingerprint density at radius 3 is 2.92 bits per heavy atom. The maximum absolute atomic E-state index is 12.7. The molecule has 3 aromatic heterocycles. The molecule has 8 heteroatoms. The number of fused-ring (bicyclic) bond motifs is 1. The lowest BCUT2D eigenvalue weighted by molar-refractivity contribution is 0.0161. The van der Waals surface area contributed by atoms with E-state index in [1.165, 1.54) is 6.33 Å². The van der Waals surface area contributed by atoms with Gasteiger partial charge in [-0.05, 0) is 23.8 Å². The lowest BCUT2D eigenvalue weighted by Crippen LogP contribution is -2.44. The molecule has 1 aliphatic rings. The van der Waals surface area contributed by atoms with Crippen molar-refractivity contribution in [1.82, 2.24) is 29.8 Å². The minimum atomic E-state index is -0.178. The summed E-state index contributed by atoms with van der Waals surface area (Å²) in [6.45, 7) is 3.53. The van der Waals surface area contributed by atoms with Crippen LogP contribution in [0.3, 0.4) is 0 Å². The van der Waals surface area contributed by atoms with Gasteiger partial charge in [-0.1, -0.05) is 12.1 Å². The molecule has 1 amide bonds. The van der Waals surface area contributed by atoms with Crippen LogP contribution < -0.4 is 5.32 Å². The smallest absolute Gasteiger partial charge is 0.270 e. The topological polar surface area (TPSA) is 84.7 Å². The number of pyridine rings is 2. The third kappa shape index (κ3) is 3.42. The fourth-order valence-corrected chi connectivity index (χ4v) is 3.22. The van der Waals surface area contributed by atoms with E-state index in [0.29, 0.717) is 31.1 Å². The first-order chi connectivity index (χ1) is 12.8. The molecule has 1 aliphatic heterocycles. The van der Waals surface area contributed by atoms with E-state index < -0.39 is 0 Å². The van der Waals surface area contributed by atoms with E-state index in [-0.39, 0.29) is 11.9 Å². The van der Waals surface area contributed by atoms with E-state index in [9.17, 15) is 4.79 Å². The molecule has 0 saturated carbocycles. The lowest BCUT2D eigenvalue weighted by Gasteiger charge is -2.34. The summed E-state index contributed by atoms with van der Waals surface area (Å²) >= 11 is 0. The van der Waals surface area contributed by atoms with Crippen molar-refractivity contribution in [2.24, 2.45) is 0 Å². The molecule has 8 nitrogen and oxygen atoms in total. The first-order valence-corrected chi connectivity index (χ1v) is 8.61. The lowest BCUT2D eigenvalue weighted by atomic mass is 10.1. The molecule has 4 rings (SSSR count). The molecule has 4 heterocycles. The van der Waals surface area contributed by atoms with E-state index >= 15 is 0 Å². The average Bonchev–Trinajstić information content (AvgIpc) is 3.18. The molecular weight excluding hydrogens is 332 g/mol. The molecule has 0 aromatic carbocycles. The highest BCUT2D eigenvalue weighted by Crippen LogP contribution is 2.20. The summed E-state index contributed by atoms with van der Waals surface area (Å²) in [5.74, 6) is -0.178. The third-order valence-corrected chi connectivity index (χ3v) is 4.55. The summed E-state index contributed by atoms with van der Waals surface area (Å²) < 4.78 is 7.00. The largest absolute Gasteiger partial charge is 0.379 e. The number of hydrogen-bond acceptors (Lipinski definition) is 6. The molecular formula is C18H20N6O2. The molecule has 1 unspecified atom stereocenters. The van der Waals surface area contributed by atoms with Crippen molar-refractivity contribution in [3.8, 4) is 0 Å². The molecule has 1 atom stereocenters. The molecule has 0 aliphatic carbocycles. The predicted molar refractivity (Wildman–Crippen MR) is 94.7 cm³/mol. The number of carbonyl (C=O) groups excluding carboxylic acids is 1. The van der Waals surface area contributed by atoms with Crippen molar-refractivity contribution in [3.05, 3.63) is 60.3 Å². The van der Waals surface area contributed by atoms with Gasteiger partial charge in [0.1, 0.15) is 12.0 Å². The van der Waals surface area contributed by atoms with Crippen molar-refractivity contribution in [2.75, 3.05) is 32.8 Å². The van der Waals surface area contributed by atoms with Crippen LogP contribution in [0.25, 0.3) is 5.65 Å². The van der Waals surface area contributed by atoms with Crippen LogP contribution in [0.2, 0.25) is 0 Å². The predicted octanol–water partition coefficient (Wildman–Crippen LogP) is 0.928. The van der Waals surface area contributed by atoms with E-state index in [2.05, 4.69) is 25.3 Å². The van der Waals surface area contributed by atoms with Crippen molar-refractivity contribution in [3.63, 3.8) is 0 Å². The molecule has 134 valence electrons. The number of carbonyl (C=O) groups is 1. The highest BCUT2D eigenvalue weighted by atomic mass is 16.5.